The van der Waals surface area contributed by atoms with Gasteiger partial charge in [-0.25, -0.2) is 0 Å². The van der Waals surface area contributed by atoms with Gasteiger partial charge in [-0.1, -0.05) is 12.8 Å². The molecule has 4 nitrogen and oxygen atoms in total. The van der Waals surface area contributed by atoms with Crippen LogP contribution in [0.2, 0.25) is 0 Å². The number of carbonyl (C=O) groups is 1. The molecule has 1 amide bonds. The molecular weight excluding hydrogens is 204 g/mol. The van der Waals surface area contributed by atoms with Gasteiger partial charge in [-0.2, -0.15) is 0 Å². The molecule has 0 bridgehead atoms. The molecule has 2 unspecified atom stereocenters. The molecule has 0 spiro atoms. The van der Waals surface area contributed by atoms with Crippen molar-refractivity contribution in [1.29, 1.82) is 0 Å². The number of amides is 1. The van der Waals surface area contributed by atoms with Crippen molar-refractivity contribution in [2.75, 3.05) is 13.6 Å². The number of rotatable bonds is 4. The van der Waals surface area contributed by atoms with Crippen LogP contribution in [0.15, 0.2) is 0 Å². The van der Waals surface area contributed by atoms with E-state index in [9.17, 15) is 9.90 Å². The first-order chi connectivity index (χ1) is 7.50. The first kappa shape index (κ1) is 13.5. The number of hydrogen-bond donors (Lipinski definition) is 2. The van der Waals surface area contributed by atoms with Gasteiger partial charge < -0.3 is 10.4 Å². The van der Waals surface area contributed by atoms with E-state index in [0.717, 1.165) is 25.7 Å². The van der Waals surface area contributed by atoms with E-state index in [0.29, 0.717) is 6.54 Å². The SMILES string of the molecule is CC(C)NC(=O)CN(C)C1CCCCC1O. The summed E-state index contributed by atoms with van der Waals surface area (Å²) < 4.78 is 0. The van der Waals surface area contributed by atoms with Gasteiger partial charge in [-0.15, -0.1) is 0 Å². The molecule has 1 aliphatic rings. The molecule has 0 aliphatic heterocycles. The van der Waals surface area contributed by atoms with Gasteiger partial charge in [-0.3, -0.25) is 9.69 Å². The van der Waals surface area contributed by atoms with Crippen LogP contribution in [0.5, 0.6) is 0 Å². The van der Waals surface area contributed by atoms with Crippen LogP contribution < -0.4 is 5.32 Å². The van der Waals surface area contributed by atoms with E-state index < -0.39 is 0 Å². The Balaban J connectivity index is 2.38. The summed E-state index contributed by atoms with van der Waals surface area (Å²) in [6.07, 6.45) is 3.83. The Morgan fingerprint density at radius 1 is 1.44 bits per heavy atom. The molecule has 0 saturated heterocycles. The summed E-state index contributed by atoms with van der Waals surface area (Å²) >= 11 is 0. The van der Waals surface area contributed by atoms with Crippen molar-refractivity contribution in [1.82, 2.24) is 10.2 Å². The van der Waals surface area contributed by atoms with Crippen LogP contribution in [0.25, 0.3) is 0 Å². The highest BCUT2D eigenvalue weighted by Crippen LogP contribution is 2.21. The summed E-state index contributed by atoms with van der Waals surface area (Å²) in [6.45, 7) is 4.28. The third-order valence-corrected chi connectivity index (χ3v) is 3.10. The number of hydrogen-bond acceptors (Lipinski definition) is 3. The Bertz CT molecular complexity index is 231. The number of likely N-dealkylation sites (N-methyl/N-ethyl adjacent to an activating group) is 1. The van der Waals surface area contributed by atoms with Crippen molar-refractivity contribution in [2.24, 2.45) is 0 Å². The summed E-state index contributed by atoms with van der Waals surface area (Å²) in [5.41, 5.74) is 0. The van der Waals surface area contributed by atoms with Crippen LogP contribution in [0.1, 0.15) is 39.5 Å². The molecular formula is C12H24N2O2. The van der Waals surface area contributed by atoms with Crippen LogP contribution in [0.4, 0.5) is 0 Å². The summed E-state index contributed by atoms with van der Waals surface area (Å²) in [7, 11) is 1.92. The second-order valence-corrected chi connectivity index (χ2v) is 5.06. The van der Waals surface area contributed by atoms with Gasteiger partial charge in [0, 0.05) is 12.1 Å². The number of aliphatic hydroxyl groups is 1. The summed E-state index contributed by atoms with van der Waals surface area (Å²) in [5.74, 6) is 0.0373. The van der Waals surface area contributed by atoms with Crippen LogP contribution in [-0.4, -0.2) is 47.7 Å². The minimum atomic E-state index is -0.273. The zero-order valence-corrected chi connectivity index (χ0v) is 10.6. The maximum atomic E-state index is 11.6. The molecule has 0 aromatic rings. The molecule has 1 fully saturated rings. The molecule has 4 heteroatoms. The summed E-state index contributed by atoms with van der Waals surface area (Å²) in [6, 6.07) is 0.323. The molecule has 1 rings (SSSR count). The third-order valence-electron chi connectivity index (χ3n) is 3.10. The van der Waals surface area contributed by atoms with Gasteiger partial charge >= 0.3 is 0 Å². The summed E-state index contributed by atoms with van der Waals surface area (Å²) in [5, 5.41) is 12.7. The largest absolute Gasteiger partial charge is 0.391 e. The van der Waals surface area contributed by atoms with E-state index in [1.807, 2.05) is 25.8 Å². The van der Waals surface area contributed by atoms with E-state index in [1.54, 1.807) is 0 Å². The van der Waals surface area contributed by atoms with Crippen molar-refractivity contribution >= 4 is 5.91 Å². The lowest BCUT2D eigenvalue weighted by Gasteiger charge is -2.34. The summed E-state index contributed by atoms with van der Waals surface area (Å²) in [4.78, 5) is 13.6. The fourth-order valence-corrected chi connectivity index (χ4v) is 2.32. The Hall–Kier alpha value is -0.610. The average Bonchev–Trinajstić information content (AvgIpc) is 2.16. The molecule has 0 aromatic carbocycles. The van der Waals surface area contributed by atoms with E-state index in [-0.39, 0.29) is 24.1 Å². The fourth-order valence-electron chi connectivity index (χ4n) is 2.32. The van der Waals surface area contributed by atoms with Crippen molar-refractivity contribution in [3.05, 3.63) is 0 Å². The first-order valence-corrected chi connectivity index (χ1v) is 6.18. The predicted octanol–water partition coefficient (Wildman–Crippen LogP) is 0.746. The monoisotopic (exact) mass is 228 g/mol. The normalized spacial score (nSPS) is 26.1. The van der Waals surface area contributed by atoms with Crippen LogP contribution >= 0.6 is 0 Å². The maximum Gasteiger partial charge on any atom is 0.234 e. The highest BCUT2D eigenvalue weighted by atomic mass is 16.3. The molecule has 0 heterocycles. The molecule has 1 aliphatic carbocycles. The van der Waals surface area contributed by atoms with E-state index >= 15 is 0 Å². The van der Waals surface area contributed by atoms with Crippen molar-refractivity contribution in [3.63, 3.8) is 0 Å². The third kappa shape index (κ3) is 4.10. The molecule has 0 aromatic heterocycles. The quantitative estimate of drug-likeness (QED) is 0.746. The lowest BCUT2D eigenvalue weighted by atomic mass is 9.91. The molecule has 94 valence electrons. The molecule has 2 N–H and O–H groups in total. The van der Waals surface area contributed by atoms with Crippen LogP contribution in [0.3, 0.4) is 0 Å². The maximum absolute atomic E-state index is 11.6. The number of aliphatic hydroxyl groups excluding tert-OH is 1. The van der Waals surface area contributed by atoms with Gasteiger partial charge in [0.2, 0.25) is 5.91 Å². The topological polar surface area (TPSA) is 52.6 Å². The number of nitrogens with one attached hydrogen (secondary N) is 1. The predicted molar refractivity (Wildman–Crippen MR) is 64.2 cm³/mol. The van der Waals surface area contributed by atoms with E-state index in [1.165, 1.54) is 0 Å². The molecule has 16 heavy (non-hydrogen) atoms. The van der Waals surface area contributed by atoms with Gasteiger partial charge in [0.1, 0.15) is 0 Å². The van der Waals surface area contributed by atoms with Crippen molar-refractivity contribution < 1.29 is 9.90 Å². The van der Waals surface area contributed by atoms with E-state index in [4.69, 9.17) is 0 Å². The fraction of sp³-hybridized carbons (Fsp3) is 0.917. The second-order valence-electron chi connectivity index (χ2n) is 5.06. The van der Waals surface area contributed by atoms with Crippen LogP contribution in [0, 0.1) is 0 Å². The van der Waals surface area contributed by atoms with Crippen molar-refractivity contribution in [3.8, 4) is 0 Å². The minimum Gasteiger partial charge on any atom is -0.391 e. The standard InChI is InChI=1S/C12H24N2O2/c1-9(2)13-12(16)8-14(3)10-6-4-5-7-11(10)15/h9-11,15H,4-8H2,1-3H3,(H,13,16). The molecule has 0 radical (unpaired) electrons. The van der Waals surface area contributed by atoms with Crippen LogP contribution in [-0.2, 0) is 4.79 Å². The lowest BCUT2D eigenvalue weighted by Crippen LogP contribution is -2.48. The second kappa shape index (κ2) is 6.21. The van der Waals surface area contributed by atoms with Crippen molar-refractivity contribution in [2.45, 2.75) is 57.7 Å². The lowest BCUT2D eigenvalue weighted by molar-refractivity contribution is -0.123. The van der Waals surface area contributed by atoms with Gasteiger partial charge in [0.25, 0.3) is 0 Å². The minimum absolute atomic E-state index is 0.0373. The number of carbonyl (C=O) groups excluding carboxylic acids is 1. The Kier molecular flexibility index (Phi) is 5.22. The first-order valence-electron chi connectivity index (χ1n) is 6.18. The highest BCUT2D eigenvalue weighted by molar-refractivity contribution is 5.78. The smallest absolute Gasteiger partial charge is 0.234 e. The Morgan fingerprint density at radius 3 is 2.62 bits per heavy atom. The van der Waals surface area contributed by atoms with E-state index in [2.05, 4.69) is 5.32 Å². The Morgan fingerprint density at radius 2 is 2.06 bits per heavy atom. The Labute approximate surface area is 98.0 Å². The van der Waals surface area contributed by atoms with Gasteiger partial charge in [0.05, 0.1) is 12.6 Å². The highest BCUT2D eigenvalue weighted by Gasteiger charge is 2.27. The number of nitrogens with zero attached hydrogens (tertiary/aromatic N) is 1. The molecule has 1 saturated carbocycles. The molecule has 2 atom stereocenters. The average molecular weight is 228 g/mol. The van der Waals surface area contributed by atoms with Gasteiger partial charge in [-0.05, 0) is 33.7 Å². The van der Waals surface area contributed by atoms with Gasteiger partial charge in [0.15, 0.2) is 0 Å². The zero-order chi connectivity index (χ0) is 12.1. The zero-order valence-electron chi connectivity index (χ0n) is 10.6.